The van der Waals surface area contributed by atoms with Crippen LogP contribution in [0, 0.1) is 17.3 Å². The minimum absolute atomic E-state index is 0. The first-order chi connectivity index (χ1) is 13.5. The van der Waals surface area contributed by atoms with E-state index in [0.29, 0.717) is 5.92 Å². The molecule has 0 aromatic heterocycles. The van der Waals surface area contributed by atoms with E-state index in [1.807, 2.05) is 13.8 Å². The number of halogens is 6. The van der Waals surface area contributed by atoms with Crippen LogP contribution in [0.1, 0.15) is 20.3 Å². The molecule has 0 aromatic carbocycles. The van der Waals surface area contributed by atoms with Crippen molar-refractivity contribution in [2.45, 2.75) is 31.3 Å². The number of hydrogen-bond acceptors (Lipinski definition) is 14. The Balaban J connectivity index is -0.0000000563. The van der Waals surface area contributed by atoms with Gasteiger partial charge >= 0.3 is 36.8 Å². The van der Waals surface area contributed by atoms with Crippen LogP contribution in [0.25, 0.3) is 0 Å². The Morgan fingerprint density at radius 1 is 0.838 bits per heavy atom. The molecule has 1 aliphatic rings. The Hall–Kier alpha value is -0.994. The van der Waals surface area contributed by atoms with Gasteiger partial charge in [0.05, 0.1) is 19.1 Å². The zero-order valence-corrected chi connectivity index (χ0v) is 24.5. The van der Waals surface area contributed by atoms with Crippen molar-refractivity contribution >= 4 is 26.2 Å². The van der Waals surface area contributed by atoms with E-state index in [2.05, 4.69) is 12.2 Å². The number of hydrogen-bond donors (Lipinski definition) is 5. The smallest absolute Gasteiger partial charge is 0.741 e. The van der Waals surface area contributed by atoms with Crippen LogP contribution in [0.5, 0.6) is 0 Å². The predicted octanol–water partition coefficient (Wildman–Crippen LogP) is 2.93. The van der Waals surface area contributed by atoms with Crippen LogP contribution >= 0.6 is 0 Å². The Kier molecular flexibility index (Phi) is 31.8. The quantitative estimate of drug-likeness (QED) is 0.0900. The van der Waals surface area contributed by atoms with Crippen molar-refractivity contribution in [1.29, 1.82) is 0 Å². The van der Waals surface area contributed by atoms with Crippen molar-refractivity contribution in [3.63, 3.8) is 0 Å². The van der Waals surface area contributed by atoms with E-state index in [1.54, 1.807) is 7.11 Å². The van der Waals surface area contributed by atoms with Gasteiger partial charge < -0.3 is 49.3 Å². The molecule has 232 valence electrons. The molecule has 0 saturated heterocycles. The monoisotopic (exact) mass is 787 g/mol. The maximum Gasteiger partial charge on any atom is 2.00 e. The summed E-state index contributed by atoms with van der Waals surface area (Å²) >= 11 is 0. The van der Waals surface area contributed by atoms with E-state index >= 15 is 0 Å². The van der Waals surface area contributed by atoms with E-state index in [4.69, 9.17) is 35.4 Å². The molecule has 0 spiro atoms. The SMILES string of the molecule is COC[C@@H]1C=C[C@H](C(C)(C)C(=O)OC)C1.N.N.N.N.N.O=S(=O)([O-])C(F)(F)F.O=S(=O)([O-])C(F)(F)F.[Os+2]. The summed E-state index contributed by atoms with van der Waals surface area (Å²) in [6, 6.07) is 0. The molecule has 0 saturated carbocycles. The van der Waals surface area contributed by atoms with Crippen molar-refractivity contribution in [2.75, 3.05) is 20.8 Å². The van der Waals surface area contributed by atoms with Gasteiger partial charge in [0.2, 0.25) is 0 Å². The fraction of sp³-hybridized carbons (Fsp3) is 0.786. The second-order valence-corrected chi connectivity index (χ2v) is 9.20. The van der Waals surface area contributed by atoms with Crippen LogP contribution in [0.3, 0.4) is 0 Å². The van der Waals surface area contributed by atoms with Gasteiger partial charge in [-0.05, 0) is 26.2 Å². The van der Waals surface area contributed by atoms with Gasteiger partial charge in [-0.25, -0.2) is 16.8 Å². The summed E-state index contributed by atoms with van der Waals surface area (Å²) in [5, 5.41) is 0. The first-order valence-electron chi connectivity index (χ1n) is 7.82. The molecule has 15 N–H and O–H groups in total. The molecule has 0 radical (unpaired) electrons. The topological polar surface area (TPSA) is 325 Å². The van der Waals surface area contributed by atoms with Crippen molar-refractivity contribution in [3.05, 3.63) is 12.2 Å². The molecule has 37 heavy (non-hydrogen) atoms. The summed E-state index contributed by atoms with van der Waals surface area (Å²) in [6.07, 6.45) is 5.22. The fourth-order valence-corrected chi connectivity index (χ4v) is 2.06. The first-order valence-corrected chi connectivity index (χ1v) is 10.6. The molecule has 14 nitrogen and oxygen atoms in total. The molecule has 1 rings (SSSR count). The standard InChI is InChI=1S/C12H20O3.2CHF3O3S.5H3N.Os/c1-12(2,11(13)15-4)10-6-5-9(7-10)8-14-3;2*2-1(3,4)8(5,6)7;;;;;;/h5-6,9-10H,7-8H2,1-4H3;2*(H,5,6,7);5*1H3;/q;;;;;;;;+2/p-2/t9-,10+;;;;;;;;/m1......../s1. The normalized spacial score (nSPS) is 16.4. The summed E-state index contributed by atoms with van der Waals surface area (Å²) < 4.78 is 128. The van der Waals surface area contributed by atoms with Gasteiger partial charge in [0.15, 0.2) is 20.2 Å². The maximum absolute atomic E-state index is 11.6. The molecule has 2 atom stereocenters. The largest absolute Gasteiger partial charge is 2.00 e. The zero-order chi connectivity index (χ0) is 25.5. The number of allylic oxidation sites excluding steroid dienone is 1. The molecule has 0 fully saturated rings. The van der Waals surface area contributed by atoms with E-state index in [0.717, 1.165) is 13.0 Å². The third kappa shape index (κ3) is 20.6. The number of ether oxygens (including phenoxy) is 2. The zero-order valence-electron chi connectivity index (χ0n) is 20.4. The molecule has 0 heterocycles. The van der Waals surface area contributed by atoms with Gasteiger partial charge in [-0.15, -0.1) is 0 Å². The second-order valence-electron chi connectivity index (χ2n) is 6.46. The summed E-state index contributed by atoms with van der Waals surface area (Å²) in [7, 11) is -9.04. The van der Waals surface area contributed by atoms with Crippen LogP contribution < -0.4 is 30.8 Å². The predicted molar refractivity (Wildman–Crippen MR) is 115 cm³/mol. The van der Waals surface area contributed by atoms with Gasteiger partial charge in [0.25, 0.3) is 0 Å². The Morgan fingerprint density at radius 3 is 1.35 bits per heavy atom. The van der Waals surface area contributed by atoms with Crippen molar-refractivity contribution in [2.24, 2.45) is 17.3 Å². The minimum Gasteiger partial charge on any atom is -0.741 e. The third-order valence-electron chi connectivity index (χ3n) is 3.76. The Bertz CT molecular complexity index is 800. The van der Waals surface area contributed by atoms with E-state index < -0.39 is 36.7 Å². The first kappa shape index (κ1) is 56.3. The maximum atomic E-state index is 11.6. The molecular weight excluding hydrogens is 751 g/mol. The van der Waals surface area contributed by atoms with Crippen LogP contribution in [-0.4, -0.2) is 63.8 Å². The van der Waals surface area contributed by atoms with Gasteiger partial charge in [0, 0.05) is 13.0 Å². The van der Waals surface area contributed by atoms with Crippen LogP contribution in [0.15, 0.2) is 12.2 Å². The van der Waals surface area contributed by atoms with E-state index in [1.165, 1.54) is 7.11 Å². The number of esters is 1. The van der Waals surface area contributed by atoms with Gasteiger partial charge in [-0.2, -0.15) is 26.3 Å². The molecular formula is C14H35F6N5O9OsS2. The van der Waals surface area contributed by atoms with Gasteiger partial charge in [0.1, 0.15) is 0 Å². The molecule has 0 unspecified atom stereocenters. The fourth-order valence-electron chi connectivity index (χ4n) is 2.06. The average Bonchev–Trinajstić information content (AvgIpc) is 3.01. The summed E-state index contributed by atoms with van der Waals surface area (Å²) in [4.78, 5) is 11.6. The van der Waals surface area contributed by atoms with Crippen molar-refractivity contribution in [1.82, 2.24) is 30.8 Å². The second kappa shape index (κ2) is 20.9. The van der Waals surface area contributed by atoms with E-state index in [-0.39, 0.29) is 62.4 Å². The van der Waals surface area contributed by atoms with Gasteiger partial charge in [-0.1, -0.05) is 12.2 Å². The van der Waals surface area contributed by atoms with Crippen molar-refractivity contribution in [3.8, 4) is 0 Å². The molecule has 23 heteroatoms. The average molecular weight is 786 g/mol. The summed E-state index contributed by atoms with van der Waals surface area (Å²) in [5.41, 5.74) is -11.7. The molecule has 0 aliphatic heterocycles. The third-order valence-corrected chi connectivity index (χ3v) is 4.89. The molecule has 0 aromatic rings. The van der Waals surface area contributed by atoms with Crippen LogP contribution in [0.2, 0.25) is 0 Å². The number of methoxy groups -OCH3 is 2. The molecule has 0 bridgehead atoms. The number of alkyl halides is 6. The number of carbonyl (C=O) groups excluding carboxylic acids is 1. The van der Waals surface area contributed by atoms with Crippen LogP contribution in [0.4, 0.5) is 26.3 Å². The number of carbonyl (C=O) groups is 1. The van der Waals surface area contributed by atoms with Crippen LogP contribution in [-0.2, 0) is 54.3 Å². The van der Waals surface area contributed by atoms with Crippen molar-refractivity contribution < 1.29 is 86.3 Å². The Labute approximate surface area is 224 Å². The Morgan fingerprint density at radius 2 is 1.14 bits per heavy atom. The molecule has 0 amide bonds. The summed E-state index contributed by atoms with van der Waals surface area (Å²) in [6.45, 7) is 4.59. The minimum atomic E-state index is -6.09. The number of rotatable bonds is 4. The van der Waals surface area contributed by atoms with E-state index in [9.17, 15) is 31.1 Å². The van der Waals surface area contributed by atoms with Gasteiger partial charge in [-0.3, -0.25) is 4.79 Å². The molecule has 1 aliphatic carbocycles. The summed E-state index contributed by atoms with van der Waals surface area (Å²) in [5.74, 6) is 0.546.